The van der Waals surface area contributed by atoms with Crippen molar-refractivity contribution >= 4 is 17.4 Å². The number of urea groups is 1. The molecule has 0 bridgehead atoms. The molecule has 0 aliphatic carbocycles. The molecule has 0 aromatic carbocycles. The van der Waals surface area contributed by atoms with E-state index in [0.29, 0.717) is 19.5 Å². The third-order valence-corrected chi connectivity index (χ3v) is 4.30. The standard InChI is InChI=1S/C15H27N3O2S/c1-5-6-12(19)9-17-14(20)16-8-7-11-10-21-13(18-11)15(2,3)4/h10,12,19H,5-9H2,1-4H3,(H2,16,17,20). The van der Waals surface area contributed by atoms with Crippen molar-refractivity contribution in [3.63, 3.8) is 0 Å². The summed E-state index contributed by atoms with van der Waals surface area (Å²) in [5.41, 5.74) is 1.08. The highest BCUT2D eigenvalue weighted by molar-refractivity contribution is 7.09. The molecule has 3 N–H and O–H groups in total. The van der Waals surface area contributed by atoms with E-state index >= 15 is 0 Å². The lowest BCUT2D eigenvalue weighted by Gasteiger charge is -2.13. The summed E-state index contributed by atoms with van der Waals surface area (Å²) in [4.78, 5) is 16.1. The maximum atomic E-state index is 11.6. The van der Waals surface area contributed by atoms with Gasteiger partial charge in [-0.05, 0) is 6.42 Å². The van der Waals surface area contributed by atoms with Crippen molar-refractivity contribution in [2.24, 2.45) is 0 Å². The van der Waals surface area contributed by atoms with E-state index in [2.05, 4.69) is 36.4 Å². The molecule has 0 saturated heterocycles. The molecule has 1 aromatic heterocycles. The van der Waals surface area contributed by atoms with Crippen molar-refractivity contribution in [3.8, 4) is 0 Å². The monoisotopic (exact) mass is 313 g/mol. The normalized spacial score (nSPS) is 13.0. The summed E-state index contributed by atoms with van der Waals surface area (Å²) >= 11 is 1.66. The summed E-state index contributed by atoms with van der Waals surface area (Å²) in [5.74, 6) is 0. The minimum Gasteiger partial charge on any atom is -0.391 e. The van der Waals surface area contributed by atoms with Gasteiger partial charge in [0.25, 0.3) is 0 Å². The number of carbonyl (C=O) groups excluding carboxylic acids is 1. The number of nitrogens with zero attached hydrogens (tertiary/aromatic N) is 1. The van der Waals surface area contributed by atoms with Gasteiger partial charge in [-0.15, -0.1) is 11.3 Å². The zero-order chi connectivity index (χ0) is 15.9. The third-order valence-electron chi connectivity index (χ3n) is 2.98. The van der Waals surface area contributed by atoms with Crippen LogP contribution in [0.4, 0.5) is 4.79 Å². The molecule has 0 aliphatic heterocycles. The molecule has 0 aliphatic rings. The average molecular weight is 313 g/mol. The van der Waals surface area contributed by atoms with Gasteiger partial charge in [0.15, 0.2) is 0 Å². The number of hydrogen-bond donors (Lipinski definition) is 3. The summed E-state index contributed by atoms with van der Waals surface area (Å²) in [5, 5.41) is 18.1. The lowest BCUT2D eigenvalue weighted by molar-refractivity contribution is 0.160. The fourth-order valence-electron chi connectivity index (χ4n) is 1.78. The Morgan fingerprint density at radius 1 is 1.43 bits per heavy atom. The molecule has 2 amide bonds. The van der Waals surface area contributed by atoms with Gasteiger partial charge in [0, 0.05) is 30.3 Å². The highest BCUT2D eigenvalue weighted by Crippen LogP contribution is 2.25. The van der Waals surface area contributed by atoms with E-state index in [0.717, 1.165) is 23.5 Å². The molecular formula is C15H27N3O2S. The summed E-state index contributed by atoms with van der Waals surface area (Å²) in [7, 11) is 0. The fraction of sp³-hybridized carbons (Fsp3) is 0.733. The maximum absolute atomic E-state index is 11.6. The van der Waals surface area contributed by atoms with Gasteiger partial charge in [0.05, 0.1) is 16.8 Å². The first-order chi connectivity index (χ1) is 9.82. The number of hydrogen-bond acceptors (Lipinski definition) is 4. The average Bonchev–Trinajstić information content (AvgIpc) is 2.85. The van der Waals surface area contributed by atoms with Gasteiger partial charge in [-0.3, -0.25) is 0 Å². The van der Waals surface area contributed by atoms with Gasteiger partial charge in [0.2, 0.25) is 0 Å². The van der Waals surface area contributed by atoms with E-state index in [1.54, 1.807) is 11.3 Å². The van der Waals surface area contributed by atoms with Crippen molar-refractivity contribution in [1.29, 1.82) is 0 Å². The molecule has 1 heterocycles. The first-order valence-electron chi connectivity index (χ1n) is 7.47. The Hall–Kier alpha value is -1.14. The zero-order valence-electron chi connectivity index (χ0n) is 13.4. The predicted molar refractivity (Wildman–Crippen MR) is 86.8 cm³/mol. The Labute approximate surface area is 131 Å². The molecule has 1 rings (SSSR count). The second-order valence-corrected chi connectivity index (χ2v) is 7.08. The van der Waals surface area contributed by atoms with Crippen LogP contribution in [0.5, 0.6) is 0 Å². The van der Waals surface area contributed by atoms with E-state index in [1.165, 1.54) is 0 Å². The lowest BCUT2D eigenvalue weighted by Crippen LogP contribution is -2.40. The van der Waals surface area contributed by atoms with Crippen LogP contribution in [0.2, 0.25) is 0 Å². The van der Waals surface area contributed by atoms with Crippen LogP contribution in [-0.2, 0) is 11.8 Å². The van der Waals surface area contributed by atoms with Crippen molar-refractivity contribution in [2.45, 2.75) is 58.5 Å². The number of amides is 2. The van der Waals surface area contributed by atoms with Gasteiger partial charge < -0.3 is 15.7 Å². The second-order valence-electron chi connectivity index (χ2n) is 6.22. The van der Waals surface area contributed by atoms with E-state index in [-0.39, 0.29) is 11.4 Å². The van der Waals surface area contributed by atoms with Gasteiger partial charge in [-0.1, -0.05) is 34.1 Å². The van der Waals surface area contributed by atoms with Crippen LogP contribution in [0.1, 0.15) is 51.2 Å². The van der Waals surface area contributed by atoms with Crippen molar-refractivity contribution in [3.05, 3.63) is 16.1 Å². The summed E-state index contributed by atoms with van der Waals surface area (Å²) in [6.07, 6.45) is 1.87. The Bertz CT molecular complexity index is 440. The fourth-order valence-corrected chi connectivity index (χ4v) is 2.72. The first kappa shape index (κ1) is 17.9. The van der Waals surface area contributed by atoms with Gasteiger partial charge in [-0.25, -0.2) is 9.78 Å². The van der Waals surface area contributed by atoms with E-state index in [9.17, 15) is 9.90 Å². The number of aromatic nitrogens is 1. The van der Waals surface area contributed by atoms with E-state index in [4.69, 9.17) is 0 Å². The maximum Gasteiger partial charge on any atom is 0.314 e. The lowest BCUT2D eigenvalue weighted by atomic mass is 9.98. The van der Waals surface area contributed by atoms with Crippen molar-refractivity contribution in [2.75, 3.05) is 13.1 Å². The Kier molecular flexibility index (Phi) is 7.11. The molecule has 1 atom stereocenters. The number of thiazole rings is 1. The van der Waals surface area contributed by atoms with Crippen LogP contribution in [0.15, 0.2) is 5.38 Å². The highest BCUT2D eigenvalue weighted by Gasteiger charge is 2.17. The largest absolute Gasteiger partial charge is 0.391 e. The van der Waals surface area contributed by atoms with Gasteiger partial charge >= 0.3 is 6.03 Å². The smallest absolute Gasteiger partial charge is 0.314 e. The summed E-state index contributed by atoms with van der Waals surface area (Å²) < 4.78 is 0. The van der Waals surface area contributed by atoms with Crippen LogP contribution >= 0.6 is 11.3 Å². The second kappa shape index (κ2) is 8.34. The van der Waals surface area contributed by atoms with E-state index in [1.807, 2.05) is 12.3 Å². The van der Waals surface area contributed by atoms with Crippen LogP contribution in [-0.4, -0.2) is 35.3 Å². The Morgan fingerprint density at radius 3 is 2.71 bits per heavy atom. The number of aliphatic hydroxyl groups is 1. The molecule has 120 valence electrons. The molecule has 6 heteroatoms. The van der Waals surface area contributed by atoms with Crippen LogP contribution in [0.25, 0.3) is 0 Å². The summed E-state index contributed by atoms with van der Waals surface area (Å²) in [6.45, 7) is 9.27. The molecule has 5 nitrogen and oxygen atoms in total. The summed E-state index contributed by atoms with van der Waals surface area (Å²) in [6, 6.07) is -0.239. The number of aliphatic hydroxyl groups excluding tert-OH is 1. The minimum absolute atomic E-state index is 0.0726. The molecule has 0 fully saturated rings. The quantitative estimate of drug-likeness (QED) is 0.724. The third kappa shape index (κ3) is 6.91. The van der Waals surface area contributed by atoms with E-state index < -0.39 is 6.10 Å². The molecule has 0 spiro atoms. The topological polar surface area (TPSA) is 74.2 Å². The zero-order valence-corrected chi connectivity index (χ0v) is 14.2. The van der Waals surface area contributed by atoms with Crippen molar-refractivity contribution in [1.82, 2.24) is 15.6 Å². The molecule has 0 saturated carbocycles. The first-order valence-corrected chi connectivity index (χ1v) is 8.35. The van der Waals surface area contributed by atoms with Crippen LogP contribution in [0, 0.1) is 0 Å². The predicted octanol–water partition coefficient (Wildman–Crippen LogP) is 2.44. The Morgan fingerprint density at radius 2 is 2.14 bits per heavy atom. The Balaban J connectivity index is 2.24. The molecule has 0 radical (unpaired) electrons. The SMILES string of the molecule is CCCC(O)CNC(=O)NCCc1csc(C(C)(C)C)n1. The number of nitrogens with one attached hydrogen (secondary N) is 2. The van der Waals surface area contributed by atoms with Gasteiger partial charge in [0.1, 0.15) is 0 Å². The molecule has 21 heavy (non-hydrogen) atoms. The molecule has 1 aromatic rings. The van der Waals surface area contributed by atoms with Crippen molar-refractivity contribution < 1.29 is 9.90 Å². The number of carbonyl (C=O) groups is 1. The van der Waals surface area contributed by atoms with Crippen LogP contribution in [0.3, 0.4) is 0 Å². The minimum atomic E-state index is -0.464. The molecule has 1 unspecified atom stereocenters. The highest BCUT2D eigenvalue weighted by atomic mass is 32.1. The molecular weight excluding hydrogens is 286 g/mol. The van der Waals surface area contributed by atoms with Crippen LogP contribution < -0.4 is 10.6 Å². The van der Waals surface area contributed by atoms with Gasteiger partial charge in [-0.2, -0.15) is 0 Å². The number of rotatable bonds is 7.